The number of hydrogen-bond donors (Lipinski definition) is 1. The predicted molar refractivity (Wildman–Crippen MR) is 113 cm³/mol. The molecule has 144 valence electrons. The molecule has 3 aromatic carbocycles. The fourth-order valence-electron chi connectivity index (χ4n) is 2.87. The highest BCUT2D eigenvalue weighted by Gasteiger charge is 2.19. The van der Waals surface area contributed by atoms with Crippen molar-refractivity contribution >= 4 is 38.8 Å². The topological polar surface area (TPSA) is 94.4 Å². The molecule has 0 aliphatic heterocycles. The van der Waals surface area contributed by atoms with Gasteiger partial charge < -0.3 is 10.1 Å². The first kappa shape index (κ1) is 18.6. The molecule has 1 amide bonds. The van der Waals surface area contributed by atoms with Crippen LogP contribution in [0.5, 0.6) is 5.75 Å². The molecule has 1 aromatic heterocycles. The van der Waals surface area contributed by atoms with Crippen molar-refractivity contribution in [1.29, 1.82) is 0 Å². The highest BCUT2D eigenvalue weighted by Crippen LogP contribution is 2.32. The number of carbonyl (C=O) groups excluding carboxylic acids is 1. The molecule has 0 aliphatic rings. The van der Waals surface area contributed by atoms with Crippen LogP contribution in [0.1, 0.15) is 10.4 Å². The quantitative estimate of drug-likeness (QED) is 0.367. The van der Waals surface area contributed by atoms with Crippen molar-refractivity contribution in [2.75, 3.05) is 12.4 Å². The summed E-state index contributed by atoms with van der Waals surface area (Å²) >= 11 is 1.55. The van der Waals surface area contributed by atoms with Gasteiger partial charge in [0.2, 0.25) is 0 Å². The first-order valence-electron chi connectivity index (χ1n) is 8.65. The molecule has 0 spiro atoms. The summed E-state index contributed by atoms with van der Waals surface area (Å²) in [7, 11) is 1.63. The first-order valence-corrected chi connectivity index (χ1v) is 9.46. The standard InChI is InChI=1S/C21H15N3O4S/c1-28-15-10-11-17-19(12-15)29-21(23-17)13-6-8-14(9-7-13)22-20(25)16-4-2-3-5-18(16)24(26)27/h2-12H,1H3,(H,22,25). The average molecular weight is 405 g/mol. The number of benzene rings is 3. The van der Waals surface area contributed by atoms with Crippen molar-refractivity contribution in [3.63, 3.8) is 0 Å². The predicted octanol–water partition coefficient (Wildman–Crippen LogP) is 5.13. The lowest BCUT2D eigenvalue weighted by Crippen LogP contribution is -2.13. The van der Waals surface area contributed by atoms with E-state index in [2.05, 4.69) is 10.3 Å². The molecule has 4 aromatic rings. The minimum Gasteiger partial charge on any atom is -0.497 e. The number of thiazole rings is 1. The summed E-state index contributed by atoms with van der Waals surface area (Å²) in [6, 6.07) is 18.8. The van der Waals surface area contributed by atoms with Crippen molar-refractivity contribution in [2.45, 2.75) is 0 Å². The number of methoxy groups -OCH3 is 1. The van der Waals surface area contributed by atoms with E-state index < -0.39 is 10.8 Å². The number of nitro benzene ring substituents is 1. The van der Waals surface area contributed by atoms with Crippen LogP contribution < -0.4 is 10.1 Å². The van der Waals surface area contributed by atoms with E-state index in [1.54, 1.807) is 36.6 Å². The van der Waals surface area contributed by atoms with Crippen molar-refractivity contribution in [1.82, 2.24) is 4.98 Å². The van der Waals surface area contributed by atoms with Crippen LogP contribution in [0.25, 0.3) is 20.8 Å². The van der Waals surface area contributed by atoms with Gasteiger partial charge in [0.15, 0.2) is 0 Å². The first-order chi connectivity index (χ1) is 14.0. The molecule has 0 aliphatic carbocycles. The van der Waals surface area contributed by atoms with Gasteiger partial charge in [0.25, 0.3) is 11.6 Å². The van der Waals surface area contributed by atoms with E-state index in [-0.39, 0.29) is 11.3 Å². The molecule has 0 saturated heterocycles. The van der Waals surface area contributed by atoms with Gasteiger partial charge in [-0.3, -0.25) is 14.9 Å². The third kappa shape index (κ3) is 3.78. The van der Waals surface area contributed by atoms with Crippen LogP contribution in [-0.4, -0.2) is 22.9 Å². The van der Waals surface area contributed by atoms with Crippen LogP contribution in [0.2, 0.25) is 0 Å². The van der Waals surface area contributed by atoms with Crippen LogP contribution in [0.4, 0.5) is 11.4 Å². The van der Waals surface area contributed by atoms with Gasteiger partial charge in [0.05, 0.1) is 22.2 Å². The van der Waals surface area contributed by atoms with Gasteiger partial charge in [-0.15, -0.1) is 11.3 Å². The summed E-state index contributed by atoms with van der Waals surface area (Å²) in [6.07, 6.45) is 0. The number of anilines is 1. The number of nitrogens with one attached hydrogen (secondary N) is 1. The lowest BCUT2D eigenvalue weighted by Gasteiger charge is -2.06. The number of rotatable bonds is 5. The number of fused-ring (bicyclic) bond motifs is 1. The van der Waals surface area contributed by atoms with E-state index in [4.69, 9.17) is 4.74 Å². The van der Waals surface area contributed by atoms with Crippen molar-refractivity contribution in [2.24, 2.45) is 0 Å². The number of carbonyl (C=O) groups is 1. The molecule has 0 bridgehead atoms. The van der Waals surface area contributed by atoms with Crippen molar-refractivity contribution in [3.8, 4) is 16.3 Å². The van der Waals surface area contributed by atoms with Crippen LogP contribution in [0.3, 0.4) is 0 Å². The normalized spacial score (nSPS) is 10.7. The van der Waals surface area contributed by atoms with Gasteiger partial charge in [0, 0.05) is 17.3 Å². The van der Waals surface area contributed by atoms with Gasteiger partial charge in [-0.25, -0.2) is 4.98 Å². The largest absolute Gasteiger partial charge is 0.497 e. The fraction of sp³-hybridized carbons (Fsp3) is 0.0476. The summed E-state index contributed by atoms with van der Waals surface area (Å²) in [6.45, 7) is 0. The summed E-state index contributed by atoms with van der Waals surface area (Å²) < 4.78 is 6.27. The third-order valence-electron chi connectivity index (χ3n) is 4.33. The minimum absolute atomic E-state index is 0.0155. The second-order valence-corrected chi connectivity index (χ2v) is 7.19. The number of aromatic nitrogens is 1. The summed E-state index contributed by atoms with van der Waals surface area (Å²) in [5.41, 5.74) is 2.13. The molecule has 7 nitrogen and oxygen atoms in total. The highest BCUT2D eigenvalue weighted by molar-refractivity contribution is 7.21. The Morgan fingerprint density at radius 1 is 1.10 bits per heavy atom. The maximum atomic E-state index is 12.4. The fourth-order valence-corrected chi connectivity index (χ4v) is 3.87. The van der Waals surface area contributed by atoms with E-state index in [0.29, 0.717) is 5.69 Å². The van der Waals surface area contributed by atoms with E-state index in [1.165, 1.54) is 18.2 Å². The molecule has 0 saturated carbocycles. The maximum absolute atomic E-state index is 12.4. The Kier molecular flexibility index (Phi) is 4.92. The smallest absolute Gasteiger partial charge is 0.282 e. The van der Waals surface area contributed by atoms with Crippen molar-refractivity contribution < 1.29 is 14.5 Å². The molecular formula is C21H15N3O4S. The Labute approximate surface area is 169 Å². The van der Waals surface area contributed by atoms with Crippen LogP contribution in [-0.2, 0) is 0 Å². The van der Waals surface area contributed by atoms with Crippen LogP contribution in [0, 0.1) is 10.1 Å². The van der Waals surface area contributed by atoms with Crippen LogP contribution in [0.15, 0.2) is 66.7 Å². The van der Waals surface area contributed by atoms with Gasteiger partial charge in [-0.2, -0.15) is 0 Å². The Morgan fingerprint density at radius 3 is 2.59 bits per heavy atom. The minimum atomic E-state index is -0.569. The maximum Gasteiger partial charge on any atom is 0.282 e. The number of ether oxygens (including phenoxy) is 1. The molecule has 1 N–H and O–H groups in total. The summed E-state index contributed by atoms with van der Waals surface area (Å²) in [5.74, 6) is 0.248. The lowest BCUT2D eigenvalue weighted by molar-refractivity contribution is -0.385. The third-order valence-corrected chi connectivity index (χ3v) is 5.40. The van der Waals surface area contributed by atoms with Gasteiger partial charge in [-0.05, 0) is 48.5 Å². The van der Waals surface area contributed by atoms with Crippen molar-refractivity contribution in [3.05, 3.63) is 82.4 Å². The molecule has 0 atom stereocenters. The SMILES string of the molecule is COc1ccc2nc(-c3ccc(NC(=O)c4ccccc4[N+](=O)[O-])cc3)sc2c1. The zero-order chi connectivity index (χ0) is 20.4. The van der Waals surface area contributed by atoms with Gasteiger partial charge in [-0.1, -0.05) is 12.1 Å². The zero-order valence-electron chi connectivity index (χ0n) is 15.3. The van der Waals surface area contributed by atoms with Gasteiger partial charge in [0.1, 0.15) is 16.3 Å². The molecule has 0 fully saturated rings. The summed E-state index contributed by atoms with van der Waals surface area (Å²) in [5, 5.41) is 14.7. The number of para-hydroxylation sites is 1. The lowest BCUT2D eigenvalue weighted by atomic mass is 10.1. The Morgan fingerprint density at radius 2 is 1.86 bits per heavy atom. The second-order valence-electron chi connectivity index (χ2n) is 6.16. The Balaban J connectivity index is 1.55. The Hall–Kier alpha value is -3.78. The monoisotopic (exact) mass is 405 g/mol. The second kappa shape index (κ2) is 7.69. The zero-order valence-corrected chi connectivity index (χ0v) is 16.1. The molecule has 29 heavy (non-hydrogen) atoms. The van der Waals surface area contributed by atoms with E-state index in [0.717, 1.165) is 26.5 Å². The highest BCUT2D eigenvalue weighted by atomic mass is 32.1. The average Bonchev–Trinajstić information content (AvgIpc) is 3.17. The molecule has 8 heteroatoms. The number of nitro groups is 1. The molecule has 0 unspecified atom stereocenters. The number of nitrogens with zero attached hydrogens (tertiary/aromatic N) is 2. The van der Waals surface area contributed by atoms with Crippen LogP contribution >= 0.6 is 11.3 Å². The molecule has 1 heterocycles. The van der Waals surface area contributed by atoms with Gasteiger partial charge >= 0.3 is 0 Å². The van der Waals surface area contributed by atoms with E-state index in [9.17, 15) is 14.9 Å². The molecule has 4 rings (SSSR count). The summed E-state index contributed by atoms with van der Waals surface area (Å²) in [4.78, 5) is 27.6. The van der Waals surface area contributed by atoms with E-state index in [1.807, 2.05) is 30.3 Å². The molecular weight excluding hydrogens is 390 g/mol. The Bertz CT molecular complexity index is 1220. The number of hydrogen-bond acceptors (Lipinski definition) is 6. The molecule has 0 radical (unpaired) electrons. The van der Waals surface area contributed by atoms with E-state index >= 15 is 0 Å². The number of amides is 1.